The molecule has 1 aliphatic rings. The van der Waals surface area contributed by atoms with Gasteiger partial charge in [0.2, 0.25) is 0 Å². The topological polar surface area (TPSA) is 32.3 Å². The molecule has 0 saturated heterocycles. The normalized spacial score (nSPS) is 20.4. The first-order valence-electron chi connectivity index (χ1n) is 5.76. The largest absolute Gasteiger partial charge is 0.394 e. The van der Waals surface area contributed by atoms with Gasteiger partial charge >= 0.3 is 0 Å². The third-order valence-electron chi connectivity index (χ3n) is 3.02. The van der Waals surface area contributed by atoms with Gasteiger partial charge in [0.25, 0.3) is 0 Å². The molecule has 0 aromatic rings. The summed E-state index contributed by atoms with van der Waals surface area (Å²) in [6.07, 6.45) is 8.88. The quantitative estimate of drug-likeness (QED) is 0.585. The number of rotatable bonds is 8. The van der Waals surface area contributed by atoms with Gasteiger partial charge < -0.3 is 10.4 Å². The van der Waals surface area contributed by atoms with Crippen molar-refractivity contribution < 1.29 is 5.11 Å². The highest BCUT2D eigenvalue weighted by Gasteiger charge is 2.42. The van der Waals surface area contributed by atoms with Crippen LogP contribution in [0.5, 0.6) is 0 Å². The molecule has 1 fully saturated rings. The summed E-state index contributed by atoms with van der Waals surface area (Å²) in [5.41, 5.74) is 0.0843. The average Bonchev–Trinajstić information content (AvgIpc) is 2.95. The van der Waals surface area contributed by atoms with Crippen LogP contribution in [0.15, 0.2) is 12.7 Å². The number of aliphatic hydroxyl groups is 1. The first-order chi connectivity index (χ1) is 6.76. The lowest BCUT2D eigenvalue weighted by Gasteiger charge is -2.23. The van der Waals surface area contributed by atoms with E-state index in [-0.39, 0.29) is 5.54 Å². The Hall–Kier alpha value is -0.340. The molecular weight excluding hydrogens is 174 g/mol. The molecule has 2 N–H and O–H groups in total. The van der Waals surface area contributed by atoms with Gasteiger partial charge in [-0.15, -0.1) is 6.58 Å². The van der Waals surface area contributed by atoms with Crippen LogP contribution in [0.1, 0.15) is 45.4 Å². The summed E-state index contributed by atoms with van der Waals surface area (Å²) >= 11 is 0. The van der Waals surface area contributed by atoms with E-state index >= 15 is 0 Å². The van der Waals surface area contributed by atoms with Crippen LogP contribution in [0.2, 0.25) is 0 Å². The van der Waals surface area contributed by atoms with Gasteiger partial charge in [-0.2, -0.15) is 0 Å². The van der Waals surface area contributed by atoms with Crippen molar-refractivity contribution in [2.24, 2.45) is 0 Å². The van der Waals surface area contributed by atoms with Crippen LogP contribution in [0.4, 0.5) is 0 Å². The minimum Gasteiger partial charge on any atom is -0.394 e. The Bertz CT molecular complexity index is 175. The van der Waals surface area contributed by atoms with E-state index in [1.54, 1.807) is 0 Å². The van der Waals surface area contributed by atoms with E-state index in [4.69, 9.17) is 0 Å². The molecule has 0 aromatic carbocycles. The van der Waals surface area contributed by atoms with Crippen molar-refractivity contribution in [3.8, 4) is 0 Å². The first-order valence-corrected chi connectivity index (χ1v) is 5.76. The number of hydrogen-bond donors (Lipinski definition) is 2. The summed E-state index contributed by atoms with van der Waals surface area (Å²) in [6, 6.07) is 0.563. The van der Waals surface area contributed by atoms with Crippen LogP contribution in [0.25, 0.3) is 0 Å². The second-order valence-corrected chi connectivity index (χ2v) is 4.43. The van der Waals surface area contributed by atoms with Gasteiger partial charge in [0.15, 0.2) is 0 Å². The van der Waals surface area contributed by atoms with E-state index in [9.17, 15) is 5.11 Å². The Morgan fingerprint density at radius 3 is 2.64 bits per heavy atom. The third-order valence-corrected chi connectivity index (χ3v) is 3.02. The molecule has 14 heavy (non-hydrogen) atoms. The smallest absolute Gasteiger partial charge is 0.0613 e. The van der Waals surface area contributed by atoms with Crippen LogP contribution >= 0.6 is 0 Å². The van der Waals surface area contributed by atoms with Crippen molar-refractivity contribution in [2.75, 3.05) is 6.61 Å². The van der Waals surface area contributed by atoms with Crippen molar-refractivity contribution >= 4 is 0 Å². The van der Waals surface area contributed by atoms with Crippen molar-refractivity contribution in [2.45, 2.75) is 57.0 Å². The number of allylic oxidation sites excluding steroid dienone is 1. The second kappa shape index (κ2) is 5.52. The highest BCUT2D eigenvalue weighted by molar-refractivity contribution is 5.03. The summed E-state index contributed by atoms with van der Waals surface area (Å²) in [5, 5.41) is 12.8. The monoisotopic (exact) mass is 197 g/mol. The van der Waals surface area contributed by atoms with Gasteiger partial charge in [-0.1, -0.05) is 19.4 Å². The Kier molecular flexibility index (Phi) is 4.63. The average molecular weight is 197 g/mol. The summed E-state index contributed by atoms with van der Waals surface area (Å²) in [4.78, 5) is 0. The van der Waals surface area contributed by atoms with Crippen molar-refractivity contribution in [1.82, 2.24) is 5.32 Å². The highest BCUT2D eigenvalue weighted by Crippen LogP contribution is 2.35. The second-order valence-electron chi connectivity index (χ2n) is 4.43. The molecule has 2 nitrogen and oxygen atoms in total. The number of nitrogens with one attached hydrogen (secondary N) is 1. The lowest BCUT2D eigenvalue weighted by molar-refractivity contribution is 0.213. The van der Waals surface area contributed by atoms with E-state index in [2.05, 4.69) is 18.8 Å². The number of aliphatic hydroxyl groups excluding tert-OH is 1. The van der Waals surface area contributed by atoms with Crippen molar-refractivity contribution in [1.29, 1.82) is 0 Å². The lowest BCUT2D eigenvalue weighted by Crippen LogP contribution is -2.42. The molecule has 0 radical (unpaired) electrons. The molecular formula is C12H23NO. The Labute approximate surface area is 87.4 Å². The molecule has 0 aliphatic heterocycles. The van der Waals surface area contributed by atoms with E-state index in [1.165, 1.54) is 12.8 Å². The molecule has 0 heterocycles. The van der Waals surface area contributed by atoms with E-state index in [1.807, 2.05) is 6.08 Å². The SMILES string of the molecule is C=CCCC(CCC)NC1(CO)CC1. The fourth-order valence-corrected chi connectivity index (χ4v) is 1.89. The van der Waals surface area contributed by atoms with Gasteiger partial charge in [-0.25, -0.2) is 0 Å². The van der Waals surface area contributed by atoms with Crippen LogP contribution in [0.3, 0.4) is 0 Å². The molecule has 1 atom stereocenters. The van der Waals surface area contributed by atoms with Gasteiger partial charge in [0.05, 0.1) is 6.61 Å². The molecule has 1 rings (SSSR count). The Morgan fingerprint density at radius 2 is 2.21 bits per heavy atom. The third kappa shape index (κ3) is 3.43. The predicted molar refractivity (Wildman–Crippen MR) is 60.3 cm³/mol. The van der Waals surface area contributed by atoms with E-state index in [0.717, 1.165) is 25.7 Å². The Balaban J connectivity index is 2.30. The zero-order valence-corrected chi connectivity index (χ0v) is 9.26. The molecule has 0 aromatic heterocycles. The molecule has 1 unspecified atom stereocenters. The highest BCUT2D eigenvalue weighted by atomic mass is 16.3. The van der Waals surface area contributed by atoms with Crippen LogP contribution in [0, 0.1) is 0 Å². The summed E-state index contributed by atoms with van der Waals surface area (Å²) in [5.74, 6) is 0. The van der Waals surface area contributed by atoms with E-state index < -0.39 is 0 Å². The van der Waals surface area contributed by atoms with Gasteiger partial charge in [-0.05, 0) is 32.1 Å². The predicted octanol–water partition coefficient (Wildman–Crippen LogP) is 2.24. The molecule has 82 valence electrons. The maximum atomic E-state index is 9.22. The van der Waals surface area contributed by atoms with Crippen LogP contribution in [-0.2, 0) is 0 Å². The molecule has 1 aliphatic carbocycles. The minimum atomic E-state index is 0.0843. The fraction of sp³-hybridized carbons (Fsp3) is 0.833. The van der Waals surface area contributed by atoms with Crippen LogP contribution in [-0.4, -0.2) is 23.3 Å². The Morgan fingerprint density at radius 1 is 1.50 bits per heavy atom. The van der Waals surface area contributed by atoms with Gasteiger partial charge in [-0.3, -0.25) is 0 Å². The summed E-state index contributed by atoms with van der Waals surface area (Å²) in [7, 11) is 0. The summed E-state index contributed by atoms with van der Waals surface area (Å²) < 4.78 is 0. The molecule has 1 saturated carbocycles. The maximum Gasteiger partial charge on any atom is 0.0613 e. The van der Waals surface area contributed by atoms with E-state index in [0.29, 0.717) is 12.6 Å². The zero-order valence-electron chi connectivity index (χ0n) is 9.26. The lowest BCUT2D eigenvalue weighted by atomic mass is 10.0. The zero-order chi connectivity index (χ0) is 10.4. The summed E-state index contributed by atoms with van der Waals surface area (Å²) in [6.45, 7) is 6.25. The molecule has 0 amide bonds. The molecule has 0 spiro atoms. The van der Waals surface area contributed by atoms with Crippen molar-refractivity contribution in [3.63, 3.8) is 0 Å². The van der Waals surface area contributed by atoms with Gasteiger partial charge in [0, 0.05) is 11.6 Å². The van der Waals surface area contributed by atoms with Crippen molar-refractivity contribution in [3.05, 3.63) is 12.7 Å². The van der Waals surface area contributed by atoms with Gasteiger partial charge in [0.1, 0.15) is 0 Å². The standard InChI is InChI=1S/C12H23NO/c1-3-5-7-11(6-4-2)13-12(10-14)8-9-12/h3,11,13-14H,1,4-10H2,2H3. The van der Waals surface area contributed by atoms with Crippen LogP contribution < -0.4 is 5.32 Å². The number of hydrogen-bond acceptors (Lipinski definition) is 2. The minimum absolute atomic E-state index is 0.0843. The maximum absolute atomic E-state index is 9.22. The first kappa shape index (κ1) is 11.7. The molecule has 0 bridgehead atoms. The fourth-order valence-electron chi connectivity index (χ4n) is 1.89. The molecule has 2 heteroatoms.